The largest absolute Gasteiger partial charge is 0.381 e. The molecule has 8 nitrogen and oxygen atoms in total. The third-order valence-corrected chi connectivity index (χ3v) is 7.01. The van der Waals surface area contributed by atoms with E-state index in [-0.39, 0.29) is 11.9 Å². The smallest absolute Gasteiger partial charge is 0.254 e. The summed E-state index contributed by atoms with van der Waals surface area (Å²) in [4.78, 5) is 29.8. The number of pyridine rings is 1. The quantitative estimate of drug-likeness (QED) is 0.511. The van der Waals surface area contributed by atoms with Crippen molar-refractivity contribution in [2.45, 2.75) is 32.4 Å². The molecule has 1 atom stereocenters. The molecule has 30 heavy (non-hydrogen) atoms. The molecule has 158 valence electrons. The zero-order valence-corrected chi connectivity index (χ0v) is 20.0. The second-order valence-corrected chi connectivity index (χ2v) is 9.64. The first-order valence-corrected chi connectivity index (χ1v) is 13.0. The highest BCUT2D eigenvalue weighted by Crippen LogP contribution is 2.38. The molecular weight excluding hydrogens is 515 g/mol. The Morgan fingerprint density at radius 3 is 2.63 bits per heavy atom. The third kappa shape index (κ3) is 3.87. The van der Waals surface area contributed by atoms with Crippen LogP contribution in [-0.2, 0) is 4.79 Å². The van der Waals surface area contributed by atoms with Gasteiger partial charge < -0.3 is 14.9 Å². The van der Waals surface area contributed by atoms with Crippen LogP contribution in [0, 0.1) is 0 Å². The topological polar surface area (TPSA) is 87.4 Å². The molecule has 0 saturated carbocycles. The van der Waals surface area contributed by atoms with Crippen molar-refractivity contribution >= 4 is 53.1 Å². The molecule has 1 saturated heterocycles. The fourth-order valence-corrected chi connectivity index (χ4v) is 5.11. The molecule has 4 heterocycles. The predicted molar refractivity (Wildman–Crippen MR) is 127 cm³/mol. The van der Waals surface area contributed by atoms with Gasteiger partial charge >= 0.3 is 0 Å². The summed E-state index contributed by atoms with van der Waals surface area (Å²) in [6, 6.07) is 3.92. The molecule has 1 N–H and O–H groups in total. The summed E-state index contributed by atoms with van der Waals surface area (Å²) in [5.74, 6) is 0.616. The molecule has 1 amide bonds. The molecule has 0 spiro atoms. The van der Waals surface area contributed by atoms with Crippen LogP contribution in [0.4, 0.5) is 5.82 Å². The number of halogens is 1. The fraction of sp³-hybridized carbons (Fsp3) is 0.400. The van der Waals surface area contributed by atoms with Crippen molar-refractivity contribution in [2.75, 3.05) is 24.5 Å². The van der Waals surface area contributed by atoms with Crippen molar-refractivity contribution in [1.82, 2.24) is 23.8 Å². The van der Waals surface area contributed by atoms with Crippen LogP contribution in [-0.4, -0.2) is 66.1 Å². The molecule has 1 aliphatic rings. The number of hydrogen-bond acceptors (Lipinski definition) is 7. The lowest BCUT2D eigenvalue weighted by Gasteiger charge is -2.42. The Bertz CT molecular complexity index is 1070. The summed E-state index contributed by atoms with van der Waals surface area (Å²) in [5, 5.41) is 11.1. The number of amides is 1. The highest BCUT2D eigenvalue weighted by atomic mass is 127. The number of carbonyl (C=O) groups is 1. The van der Waals surface area contributed by atoms with E-state index in [0.717, 1.165) is 28.0 Å². The lowest BCUT2D eigenvalue weighted by molar-refractivity contribution is -0.150. The van der Waals surface area contributed by atoms with Gasteiger partial charge in [-0.15, -0.1) is 0 Å². The van der Waals surface area contributed by atoms with Crippen LogP contribution in [0.2, 0.25) is 0 Å². The molecule has 4 rings (SSSR count). The Morgan fingerprint density at radius 2 is 2.00 bits per heavy atom. The molecule has 1 fully saturated rings. The maximum atomic E-state index is 12.6. The van der Waals surface area contributed by atoms with Crippen LogP contribution in [0.25, 0.3) is 22.2 Å². The summed E-state index contributed by atoms with van der Waals surface area (Å²) in [6.07, 6.45) is 7.23. The lowest BCUT2D eigenvalue weighted by atomic mass is 10.0. The highest BCUT2D eigenvalue weighted by Gasteiger charge is 2.36. The molecule has 0 aromatic carbocycles. The number of rotatable bonds is 4. The second-order valence-electron chi connectivity index (χ2n) is 7.92. The number of aliphatic hydroxyl groups is 1. The van der Waals surface area contributed by atoms with Gasteiger partial charge in [0.05, 0.1) is 5.39 Å². The number of anilines is 1. The van der Waals surface area contributed by atoms with E-state index in [4.69, 9.17) is 0 Å². The molecule has 0 aliphatic carbocycles. The van der Waals surface area contributed by atoms with Gasteiger partial charge in [0.1, 0.15) is 17.7 Å². The first kappa shape index (κ1) is 21.3. The predicted octanol–water partition coefficient (Wildman–Crippen LogP) is 3.15. The minimum atomic E-state index is -1.37. The first-order valence-electron chi connectivity index (χ1n) is 9.65. The summed E-state index contributed by atoms with van der Waals surface area (Å²) in [7, 11) is 1.56. The Kier molecular flexibility index (Phi) is 5.90. The van der Waals surface area contributed by atoms with Gasteiger partial charge in [0.25, 0.3) is 5.91 Å². The summed E-state index contributed by atoms with van der Waals surface area (Å²) in [5.41, 5.74) is 1.59. The van der Waals surface area contributed by atoms with E-state index >= 15 is 0 Å². The second kappa shape index (κ2) is 8.31. The van der Waals surface area contributed by atoms with E-state index in [1.54, 1.807) is 32.7 Å². The van der Waals surface area contributed by atoms with E-state index in [1.807, 2.05) is 23.0 Å². The zero-order valence-electron chi connectivity index (χ0n) is 17.0. The van der Waals surface area contributed by atoms with E-state index in [1.165, 1.54) is 13.8 Å². The van der Waals surface area contributed by atoms with Crippen LogP contribution in [0.3, 0.4) is 0 Å². The van der Waals surface area contributed by atoms with Gasteiger partial charge in [-0.3, -0.25) is 13.8 Å². The Morgan fingerprint density at radius 1 is 1.27 bits per heavy atom. The maximum absolute atomic E-state index is 12.6. The molecule has 10 heteroatoms. The summed E-state index contributed by atoms with van der Waals surface area (Å²) < 4.78 is 2.04. The zero-order chi connectivity index (χ0) is 21.5. The lowest BCUT2D eigenvalue weighted by Crippen LogP contribution is -2.58. The number of nitrogens with zero attached hydrogens (tertiary/aromatic N) is 6. The van der Waals surface area contributed by atoms with Gasteiger partial charge in [-0.1, -0.05) is 0 Å². The van der Waals surface area contributed by atoms with Crippen LogP contribution >= 0.6 is 30.3 Å². The van der Waals surface area contributed by atoms with E-state index < -0.39 is 5.60 Å². The SMILES string of the molecule is CC1CN(c2ncnc3c2c(-c2ccncc2)cn3SI)CCN1C(=O)C(C)(C)O. The van der Waals surface area contributed by atoms with Crippen molar-refractivity contribution in [2.24, 2.45) is 0 Å². The first-order chi connectivity index (χ1) is 14.3. The molecular formula is C20H23IN6O2S. The van der Waals surface area contributed by atoms with Crippen LogP contribution < -0.4 is 4.90 Å². The van der Waals surface area contributed by atoms with Gasteiger partial charge in [0.15, 0.2) is 5.65 Å². The average Bonchev–Trinajstić information content (AvgIpc) is 3.12. The van der Waals surface area contributed by atoms with Crippen molar-refractivity contribution in [3.05, 3.63) is 37.1 Å². The van der Waals surface area contributed by atoms with Crippen LogP contribution in [0.15, 0.2) is 37.1 Å². The molecule has 0 radical (unpaired) electrons. The normalized spacial score (nSPS) is 17.6. The van der Waals surface area contributed by atoms with Crippen molar-refractivity contribution in [1.29, 1.82) is 0 Å². The van der Waals surface area contributed by atoms with Crippen molar-refractivity contribution in [3.63, 3.8) is 0 Å². The van der Waals surface area contributed by atoms with Gasteiger partial charge in [0, 0.05) is 80.2 Å². The van der Waals surface area contributed by atoms with E-state index in [9.17, 15) is 9.90 Å². The fourth-order valence-electron chi connectivity index (χ4n) is 3.86. The Hall–Kier alpha value is -1.92. The van der Waals surface area contributed by atoms with Crippen LogP contribution in [0.1, 0.15) is 20.8 Å². The summed E-state index contributed by atoms with van der Waals surface area (Å²) in [6.45, 7) is 6.87. The minimum Gasteiger partial charge on any atom is -0.381 e. The van der Waals surface area contributed by atoms with E-state index in [2.05, 4.69) is 47.3 Å². The van der Waals surface area contributed by atoms with Gasteiger partial charge in [-0.2, -0.15) is 0 Å². The number of carbonyl (C=O) groups excluding carboxylic acids is 1. The average molecular weight is 538 g/mol. The number of aromatic nitrogens is 4. The Balaban J connectivity index is 1.74. The third-order valence-electron chi connectivity index (χ3n) is 5.31. The van der Waals surface area contributed by atoms with Gasteiger partial charge in [-0.25, -0.2) is 9.97 Å². The number of fused-ring (bicyclic) bond motifs is 1. The Labute approximate surface area is 191 Å². The molecule has 0 bridgehead atoms. The standard InChI is InChI=1S/C20H23IN6O2S/c1-13-10-25(8-9-26(13)19(28)20(2,3)29)17-16-15(14-4-6-22-7-5-14)11-27(30-21)18(16)24-12-23-17/h4-7,11-13,29H,8-10H2,1-3H3. The van der Waals surface area contributed by atoms with Gasteiger partial charge in [0.2, 0.25) is 0 Å². The number of hydrogen-bond donors (Lipinski definition) is 1. The number of piperazine rings is 1. The minimum absolute atomic E-state index is 0.0481. The molecule has 3 aromatic rings. The van der Waals surface area contributed by atoms with Crippen molar-refractivity contribution in [3.8, 4) is 11.1 Å². The molecule has 3 aromatic heterocycles. The maximum Gasteiger partial charge on any atom is 0.254 e. The van der Waals surface area contributed by atoms with Crippen molar-refractivity contribution < 1.29 is 9.90 Å². The van der Waals surface area contributed by atoms with E-state index in [0.29, 0.717) is 19.6 Å². The monoisotopic (exact) mass is 538 g/mol. The van der Waals surface area contributed by atoms with Gasteiger partial charge in [-0.05, 0) is 38.5 Å². The summed E-state index contributed by atoms with van der Waals surface area (Å²) >= 11 is 2.25. The van der Waals surface area contributed by atoms with Crippen LogP contribution in [0.5, 0.6) is 0 Å². The highest BCUT2D eigenvalue weighted by molar-refractivity contribution is 14.2. The molecule has 1 unspecified atom stereocenters. The molecule has 1 aliphatic heterocycles.